The predicted molar refractivity (Wildman–Crippen MR) is 50.7 cm³/mol. The molecule has 0 N–H and O–H groups in total. The van der Waals surface area contributed by atoms with Crippen molar-refractivity contribution in [2.75, 3.05) is 0 Å². The lowest BCUT2D eigenvalue weighted by atomic mass is 9.97. The van der Waals surface area contributed by atoms with Crippen LogP contribution in [-0.2, 0) is 0 Å². The van der Waals surface area contributed by atoms with Crippen LogP contribution in [0.1, 0.15) is 53.4 Å². The SMILES string of the molecule is CC.CCCC(CC)CC(F)F. The summed E-state index contributed by atoms with van der Waals surface area (Å²) in [5.74, 6) is 0.241. The Bertz CT molecular complexity index is 72.2. The predicted octanol–water partition coefficient (Wildman–Crippen LogP) is 4.49. The lowest BCUT2D eigenvalue weighted by Gasteiger charge is -2.11. The Morgan fingerprint density at radius 2 is 1.58 bits per heavy atom. The van der Waals surface area contributed by atoms with E-state index in [4.69, 9.17) is 0 Å². The average molecular weight is 180 g/mol. The third-order valence-corrected chi connectivity index (χ3v) is 1.79. The van der Waals surface area contributed by atoms with Crippen molar-refractivity contribution in [3.05, 3.63) is 0 Å². The molecule has 0 fully saturated rings. The van der Waals surface area contributed by atoms with Crippen molar-refractivity contribution in [2.24, 2.45) is 5.92 Å². The fourth-order valence-electron chi connectivity index (χ4n) is 1.15. The molecule has 1 unspecified atom stereocenters. The highest BCUT2D eigenvalue weighted by molar-refractivity contribution is 4.57. The van der Waals surface area contributed by atoms with E-state index in [-0.39, 0.29) is 12.3 Å². The molecule has 0 bridgehead atoms. The fraction of sp³-hybridized carbons (Fsp3) is 1.00. The fourth-order valence-corrected chi connectivity index (χ4v) is 1.15. The molecule has 0 radical (unpaired) electrons. The standard InChI is InChI=1S/C8H16F2.C2H6/c1-3-5-7(4-2)6-8(9)10;1-2/h7-8H,3-6H2,1-2H3;1-2H3. The maximum Gasteiger partial charge on any atom is 0.238 e. The third kappa shape index (κ3) is 9.86. The van der Waals surface area contributed by atoms with Gasteiger partial charge in [-0.15, -0.1) is 0 Å². The van der Waals surface area contributed by atoms with Crippen LogP contribution < -0.4 is 0 Å². The molecule has 76 valence electrons. The van der Waals surface area contributed by atoms with Crippen molar-refractivity contribution < 1.29 is 8.78 Å². The van der Waals surface area contributed by atoms with Crippen LogP contribution in [0.4, 0.5) is 8.78 Å². The number of halogens is 2. The molecule has 0 spiro atoms. The molecule has 0 rings (SSSR count). The van der Waals surface area contributed by atoms with Crippen molar-refractivity contribution >= 4 is 0 Å². The van der Waals surface area contributed by atoms with E-state index in [0.29, 0.717) is 0 Å². The Morgan fingerprint density at radius 1 is 1.08 bits per heavy atom. The summed E-state index contributed by atoms with van der Waals surface area (Å²) in [5, 5.41) is 0. The molecule has 0 aliphatic heterocycles. The van der Waals surface area contributed by atoms with Gasteiger partial charge in [0, 0.05) is 6.42 Å². The van der Waals surface area contributed by atoms with Gasteiger partial charge in [-0.3, -0.25) is 0 Å². The van der Waals surface area contributed by atoms with Gasteiger partial charge in [0.25, 0.3) is 0 Å². The monoisotopic (exact) mass is 180 g/mol. The van der Waals surface area contributed by atoms with E-state index in [2.05, 4.69) is 0 Å². The molecule has 1 atom stereocenters. The van der Waals surface area contributed by atoms with Gasteiger partial charge in [0.2, 0.25) is 6.43 Å². The summed E-state index contributed by atoms with van der Waals surface area (Å²) < 4.78 is 23.6. The molecule has 0 saturated heterocycles. The smallest absolute Gasteiger partial charge is 0.211 e. The largest absolute Gasteiger partial charge is 0.238 e. The van der Waals surface area contributed by atoms with Gasteiger partial charge in [-0.1, -0.05) is 47.0 Å². The van der Waals surface area contributed by atoms with Crippen LogP contribution in [0.2, 0.25) is 0 Å². The van der Waals surface area contributed by atoms with Gasteiger partial charge in [-0.2, -0.15) is 0 Å². The molecule has 0 saturated carbocycles. The maximum absolute atomic E-state index is 11.8. The first kappa shape index (κ1) is 14.4. The number of rotatable bonds is 5. The summed E-state index contributed by atoms with van der Waals surface area (Å²) in [6.45, 7) is 8.01. The molecule has 0 heterocycles. The summed E-state index contributed by atoms with van der Waals surface area (Å²) in [6.07, 6.45) is 0.825. The Morgan fingerprint density at radius 3 is 1.83 bits per heavy atom. The average Bonchev–Trinajstić information content (AvgIpc) is 2.07. The summed E-state index contributed by atoms with van der Waals surface area (Å²) in [4.78, 5) is 0. The van der Waals surface area contributed by atoms with E-state index < -0.39 is 6.43 Å². The molecular weight excluding hydrogens is 158 g/mol. The van der Waals surface area contributed by atoms with E-state index in [1.807, 2.05) is 27.7 Å². The minimum absolute atomic E-state index is 0.0876. The second kappa shape index (κ2) is 10.9. The van der Waals surface area contributed by atoms with Gasteiger partial charge in [0.15, 0.2) is 0 Å². The Balaban J connectivity index is 0. The topological polar surface area (TPSA) is 0 Å². The summed E-state index contributed by atoms with van der Waals surface area (Å²) >= 11 is 0. The summed E-state index contributed by atoms with van der Waals surface area (Å²) in [6, 6.07) is 0. The highest BCUT2D eigenvalue weighted by atomic mass is 19.3. The molecule has 0 aliphatic rings. The molecule has 0 amide bonds. The van der Waals surface area contributed by atoms with Gasteiger partial charge >= 0.3 is 0 Å². The van der Waals surface area contributed by atoms with Crippen LogP contribution in [-0.4, -0.2) is 6.43 Å². The second-order valence-corrected chi connectivity index (χ2v) is 2.69. The zero-order valence-corrected chi connectivity index (χ0v) is 8.74. The molecular formula is C10H22F2. The number of hydrogen-bond donors (Lipinski definition) is 0. The Hall–Kier alpha value is -0.140. The second-order valence-electron chi connectivity index (χ2n) is 2.69. The first-order chi connectivity index (χ1) is 5.70. The van der Waals surface area contributed by atoms with Crippen molar-refractivity contribution in [2.45, 2.75) is 59.8 Å². The molecule has 0 nitrogen and oxygen atoms in total. The minimum Gasteiger partial charge on any atom is -0.211 e. The highest BCUT2D eigenvalue weighted by Crippen LogP contribution is 2.18. The summed E-state index contributed by atoms with van der Waals surface area (Å²) in [5.41, 5.74) is 0. The molecule has 12 heavy (non-hydrogen) atoms. The van der Waals surface area contributed by atoms with Crippen molar-refractivity contribution in [3.63, 3.8) is 0 Å². The Kier molecular flexibility index (Phi) is 13.0. The normalized spacial score (nSPS) is 12.2. The van der Waals surface area contributed by atoms with Gasteiger partial charge in [-0.05, 0) is 5.92 Å². The van der Waals surface area contributed by atoms with Crippen LogP contribution in [0, 0.1) is 5.92 Å². The van der Waals surface area contributed by atoms with E-state index in [1.54, 1.807) is 0 Å². The van der Waals surface area contributed by atoms with Crippen LogP contribution in [0.15, 0.2) is 0 Å². The van der Waals surface area contributed by atoms with Crippen LogP contribution in [0.25, 0.3) is 0 Å². The first-order valence-corrected chi connectivity index (χ1v) is 4.98. The lowest BCUT2D eigenvalue weighted by Crippen LogP contribution is -2.04. The van der Waals surface area contributed by atoms with E-state index >= 15 is 0 Å². The quantitative estimate of drug-likeness (QED) is 0.584. The van der Waals surface area contributed by atoms with Crippen molar-refractivity contribution in [1.82, 2.24) is 0 Å². The Labute approximate surface area is 75.4 Å². The maximum atomic E-state index is 11.8. The minimum atomic E-state index is -2.11. The summed E-state index contributed by atoms with van der Waals surface area (Å²) in [7, 11) is 0. The van der Waals surface area contributed by atoms with E-state index in [9.17, 15) is 8.78 Å². The molecule has 0 aromatic heterocycles. The van der Waals surface area contributed by atoms with Crippen LogP contribution in [0.5, 0.6) is 0 Å². The zero-order valence-electron chi connectivity index (χ0n) is 8.74. The molecule has 0 aromatic rings. The third-order valence-electron chi connectivity index (χ3n) is 1.79. The molecule has 2 heteroatoms. The zero-order chi connectivity index (χ0) is 9.98. The van der Waals surface area contributed by atoms with Crippen molar-refractivity contribution in [1.29, 1.82) is 0 Å². The first-order valence-electron chi connectivity index (χ1n) is 4.98. The molecule has 0 aliphatic carbocycles. The van der Waals surface area contributed by atoms with Gasteiger partial charge in [0.1, 0.15) is 0 Å². The van der Waals surface area contributed by atoms with E-state index in [0.717, 1.165) is 19.3 Å². The van der Waals surface area contributed by atoms with E-state index in [1.165, 1.54) is 0 Å². The number of alkyl halides is 2. The molecule has 0 aromatic carbocycles. The number of hydrogen-bond acceptors (Lipinski definition) is 0. The van der Waals surface area contributed by atoms with Crippen LogP contribution in [0.3, 0.4) is 0 Å². The van der Waals surface area contributed by atoms with Gasteiger partial charge in [0.05, 0.1) is 0 Å². The lowest BCUT2D eigenvalue weighted by molar-refractivity contribution is 0.111. The van der Waals surface area contributed by atoms with Crippen molar-refractivity contribution in [3.8, 4) is 0 Å². The highest BCUT2D eigenvalue weighted by Gasteiger charge is 2.11. The van der Waals surface area contributed by atoms with Gasteiger partial charge in [-0.25, -0.2) is 8.78 Å². The van der Waals surface area contributed by atoms with Crippen LogP contribution >= 0.6 is 0 Å². The van der Waals surface area contributed by atoms with Gasteiger partial charge < -0.3 is 0 Å².